The van der Waals surface area contributed by atoms with Crippen molar-refractivity contribution < 1.29 is 13.5 Å². The van der Waals surface area contributed by atoms with E-state index in [9.17, 15) is 18.8 Å². The molecule has 9 heteroatoms. The number of fused-ring (bicyclic) bond motifs is 1. The van der Waals surface area contributed by atoms with Gasteiger partial charge in [-0.3, -0.25) is 9.36 Å². The Morgan fingerprint density at radius 3 is 2.66 bits per heavy atom. The first-order valence-corrected chi connectivity index (χ1v) is 12.2. The van der Waals surface area contributed by atoms with Crippen LogP contribution in [0.3, 0.4) is 0 Å². The third-order valence-electron chi connectivity index (χ3n) is 7.23. The molecule has 2 fully saturated rings. The SMILES string of the molecule is Cc1nc2nc([C@H]3CCO[C@@H](c4ccc(=O)n(C(F)F)c4)C3)nc(C3CCCCC3)c2cc1C#N. The molecule has 0 radical (unpaired) electrons. The molecule has 0 spiro atoms. The van der Waals surface area contributed by atoms with E-state index in [0.29, 0.717) is 58.2 Å². The highest BCUT2D eigenvalue weighted by molar-refractivity contribution is 5.80. The number of hydrogen-bond acceptors (Lipinski definition) is 6. The fourth-order valence-electron chi connectivity index (χ4n) is 5.29. The van der Waals surface area contributed by atoms with Gasteiger partial charge in [0.15, 0.2) is 5.65 Å². The van der Waals surface area contributed by atoms with Crippen LogP contribution in [0.2, 0.25) is 0 Å². The molecule has 3 aromatic heterocycles. The number of halogens is 2. The van der Waals surface area contributed by atoms with Crippen molar-refractivity contribution in [1.82, 2.24) is 19.5 Å². The Hall–Kier alpha value is -3.25. The van der Waals surface area contributed by atoms with Crippen LogP contribution in [-0.2, 0) is 4.74 Å². The lowest BCUT2D eigenvalue weighted by Gasteiger charge is -2.30. The van der Waals surface area contributed by atoms with Gasteiger partial charge in [-0.05, 0) is 50.3 Å². The molecule has 5 rings (SSSR count). The molecule has 182 valence electrons. The molecule has 1 saturated carbocycles. The zero-order valence-electron chi connectivity index (χ0n) is 19.6. The number of pyridine rings is 2. The van der Waals surface area contributed by atoms with Gasteiger partial charge in [0.25, 0.3) is 5.56 Å². The monoisotopic (exact) mass is 479 g/mol. The van der Waals surface area contributed by atoms with E-state index in [1.165, 1.54) is 12.6 Å². The normalized spacial score (nSPS) is 21.3. The Kier molecular flexibility index (Phi) is 6.56. The first kappa shape index (κ1) is 23.5. The van der Waals surface area contributed by atoms with E-state index in [1.807, 2.05) is 13.0 Å². The summed E-state index contributed by atoms with van der Waals surface area (Å²) in [7, 11) is 0. The van der Waals surface area contributed by atoms with Crippen LogP contribution in [0, 0.1) is 18.3 Å². The standard InChI is InChI=1S/C26H27F2N5O2/c1-15-19(13-29)11-20-23(16-5-3-2-4-6-16)31-24(32-25(20)30-15)17-9-10-35-21(12-17)18-7-8-22(34)33(14-18)26(27)28/h7-8,11,14,16-17,21,26H,2-6,9-10,12H2,1H3/t17-,21+/m0/s1. The molecule has 1 saturated heterocycles. The minimum atomic E-state index is -2.91. The van der Waals surface area contributed by atoms with Gasteiger partial charge in [-0.2, -0.15) is 14.0 Å². The Balaban J connectivity index is 1.53. The van der Waals surface area contributed by atoms with Gasteiger partial charge in [0.05, 0.1) is 23.1 Å². The van der Waals surface area contributed by atoms with Gasteiger partial charge < -0.3 is 4.74 Å². The van der Waals surface area contributed by atoms with E-state index in [-0.39, 0.29) is 5.92 Å². The molecular formula is C26H27F2N5O2. The summed E-state index contributed by atoms with van der Waals surface area (Å²) in [6.07, 6.45) is 7.58. The molecule has 1 aliphatic heterocycles. The van der Waals surface area contributed by atoms with E-state index in [4.69, 9.17) is 14.7 Å². The lowest BCUT2D eigenvalue weighted by molar-refractivity contribution is 0.00237. The summed E-state index contributed by atoms with van der Waals surface area (Å²) in [6, 6.07) is 6.80. The van der Waals surface area contributed by atoms with Crippen LogP contribution in [0.25, 0.3) is 11.0 Å². The van der Waals surface area contributed by atoms with Crippen molar-refractivity contribution in [2.24, 2.45) is 0 Å². The maximum Gasteiger partial charge on any atom is 0.321 e. The predicted octanol–water partition coefficient (Wildman–Crippen LogP) is 5.44. The van der Waals surface area contributed by atoms with Crippen LogP contribution in [0.15, 0.2) is 29.2 Å². The van der Waals surface area contributed by atoms with Gasteiger partial charge in [0.1, 0.15) is 11.9 Å². The van der Waals surface area contributed by atoms with Crippen molar-refractivity contribution in [1.29, 1.82) is 5.26 Å². The van der Waals surface area contributed by atoms with E-state index >= 15 is 0 Å². The molecule has 3 aromatic rings. The minimum Gasteiger partial charge on any atom is -0.373 e. The molecule has 0 amide bonds. The lowest BCUT2D eigenvalue weighted by atomic mass is 9.85. The first-order valence-electron chi connectivity index (χ1n) is 12.2. The summed E-state index contributed by atoms with van der Waals surface area (Å²) in [6.45, 7) is -0.665. The van der Waals surface area contributed by atoms with E-state index in [0.717, 1.165) is 42.8 Å². The number of hydrogen-bond donors (Lipinski definition) is 0. The molecule has 7 nitrogen and oxygen atoms in total. The topological polar surface area (TPSA) is 93.7 Å². The largest absolute Gasteiger partial charge is 0.373 e. The molecule has 4 heterocycles. The van der Waals surface area contributed by atoms with Gasteiger partial charge in [-0.1, -0.05) is 19.3 Å². The number of alkyl halides is 2. The van der Waals surface area contributed by atoms with Crippen molar-refractivity contribution in [2.45, 2.75) is 76.4 Å². The third-order valence-corrected chi connectivity index (χ3v) is 7.23. The number of ether oxygens (including phenoxy) is 1. The minimum absolute atomic E-state index is 0.0369. The van der Waals surface area contributed by atoms with Crippen LogP contribution in [-0.4, -0.2) is 26.1 Å². The second-order valence-corrected chi connectivity index (χ2v) is 9.47. The Morgan fingerprint density at radius 2 is 1.91 bits per heavy atom. The van der Waals surface area contributed by atoms with Crippen molar-refractivity contribution in [3.05, 3.63) is 63.1 Å². The average molecular weight is 480 g/mol. The van der Waals surface area contributed by atoms with Gasteiger partial charge in [-0.25, -0.2) is 15.0 Å². The van der Waals surface area contributed by atoms with Crippen LogP contribution in [0.4, 0.5) is 8.78 Å². The average Bonchev–Trinajstić information content (AvgIpc) is 2.88. The van der Waals surface area contributed by atoms with E-state index < -0.39 is 18.2 Å². The quantitative estimate of drug-likeness (QED) is 0.494. The maximum absolute atomic E-state index is 13.2. The van der Waals surface area contributed by atoms with Crippen LogP contribution in [0.1, 0.15) is 97.8 Å². The van der Waals surface area contributed by atoms with Crippen molar-refractivity contribution in [2.75, 3.05) is 6.61 Å². The molecule has 0 N–H and O–H groups in total. The lowest BCUT2D eigenvalue weighted by Crippen LogP contribution is -2.24. The number of nitriles is 1. The molecule has 2 aliphatic rings. The van der Waals surface area contributed by atoms with Gasteiger partial charge in [0.2, 0.25) is 0 Å². The first-order chi connectivity index (χ1) is 16.9. The van der Waals surface area contributed by atoms with E-state index in [2.05, 4.69) is 11.1 Å². The number of aromatic nitrogens is 4. The maximum atomic E-state index is 13.2. The molecular weight excluding hydrogens is 452 g/mol. The number of aryl methyl sites for hydroxylation is 1. The molecule has 35 heavy (non-hydrogen) atoms. The molecule has 0 aromatic carbocycles. The summed E-state index contributed by atoms with van der Waals surface area (Å²) >= 11 is 0. The summed E-state index contributed by atoms with van der Waals surface area (Å²) in [5.41, 5.74) is 2.52. The zero-order chi connectivity index (χ0) is 24.5. The van der Waals surface area contributed by atoms with Gasteiger partial charge in [-0.15, -0.1) is 0 Å². The van der Waals surface area contributed by atoms with Crippen molar-refractivity contribution in [3.8, 4) is 6.07 Å². The summed E-state index contributed by atoms with van der Waals surface area (Å²) in [5, 5.41) is 10.4. The molecule has 0 unspecified atom stereocenters. The van der Waals surface area contributed by atoms with Gasteiger partial charge >= 0.3 is 6.55 Å². The Bertz CT molecular complexity index is 1340. The van der Waals surface area contributed by atoms with Crippen LogP contribution >= 0.6 is 0 Å². The van der Waals surface area contributed by atoms with Crippen LogP contribution in [0.5, 0.6) is 0 Å². The van der Waals surface area contributed by atoms with Crippen molar-refractivity contribution in [3.63, 3.8) is 0 Å². The highest BCUT2D eigenvalue weighted by Gasteiger charge is 2.30. The smallest absolute Gasteiger partial charge is 0.321 e. The summed E-state index contributed by atoms with van der Waals surface area (Å²) < 4.78 is 32.8. The molecule has 1 aliphatic carbocycles. The highest BCUT2D eigenvalue weighted by atomic mass is 19.3. The molecule has 0 bridgehead atoms. The second kappa shape index (κ2) is 9.78. The molecule has 2 atom stereocenters. The number of rotatable bonds is 4. The zero-order valence-corrected chi connectivity index (χ0v) is 19.6. The Labute approximate surface area is 201 Å². The predicted molar refractivity (Wildman–Crippen MR) is 125 cm³/mol. The van der Waals surface area contributed by atoms with Crippen LogP contribution < -0.4 is 5.56 Å². The number of nitrogens with zero attached hydrogens (tertiary/aromatic N) is 5. The fourth-order valence-corrected chi connectivity index (χ4v) is 5.29. The third kappa shape index (κ3) is 4.67. The second-order valence-electron chi connectivity index (χ2n) is 9.47. The summed E-state index contributed by atoms with van der Waals surface area (Å²) in [5.74, 6) is 0.949. The Morgan fingerprint density at radius 1 is 1.11 bits per heavy atom. The summed E-state index contributed by atoms with van der Waals surface area (Å²) in [4.78, 5) is 26.3. The van der Waals surface area contributed by atoms with Gasteiger partial charge in [0, 0.05) is 36.1 Å². The van der Waals surface area contributed by atoms with Crippen molar-refractivity contribution >= 4 is 11.0 Å². The van der Waals surface area contributed by atoms with E-state index in [1.54, 1.807) is 6.07 Å². The fraction of sp³-hybridized carbons (Fsp3) is 0.500. The highest BCUT2D eigenvalue weighted by Crippen LogP contribution is 2.39.